The molecule has 0 aliphatic rings. The first-order chi connectivity index (χ1) is 10.1. The molecule has 1 N–H and O–H groups in total. The number of hydrogen-bond acceptors (Lipinski definition) is 2. The van der Waals surface area contributed by atoms with Gasteiger partial charge in [0.05, 0.1) is 5.69 Å². The molecule has 1 atom stereocenters. The lowest BCUT2D eigenvalue weighted by molar-refractivity contribution is 0.539. The summed E-state index contributed by atoms with van der Waals surface area (Å²) in [5.41, 5.74) is 3.76. The molecular weight excluding hydrogens is 441 g/mol. The molecule has 0 saturated heterocycles. The summed E-state index contributed by atoms with van der Waals surface area (Å²) in [5.74, 6) is 0. The third-order valence-electron chi connectivity index (χ3n) is 3.67. The first-order valence-corrected chi connectivity index (χ1v) is 9.14. The van der Waals surface area contributed by atoms with E-state index in [1.165, 1.54) is 20.5 Å². The Labute approximate surface area is 148 Å². The van der Waals surface area contributed by atoms with Crippen LogP contribution in [0.3, 0.4) is 0 Å². The van der Waals surface area contributed by atoms with Gasteiger partial charge in [0.1, 0.15) is 0 Å². The van der Waals surface area contributed by atoms with Crippen LogP contribution >= 0.6 is 38.5 Å². The molecule has 0 amide bonds. The summed E-state index contributed by atoms with van der Waals surface area (Å²) in [5, 5.41) is 8.08. The zero-order chi connectivity index (χ0) is 15.4. The number of nitrogens with one attached hydrogen (secondary N) is 1. The lowest BCUT2D eigenvalue weighted by Gasteiger charge is -2.19. The third kappa shape index (κ3) is 4.07. The molecule has 0 spiro atoms. The maximum Gasteiger partial charge on any atom is 0.0624 e. The maximum atomic E-state index is 4.64. The van der Waals surface area contributed by atoms with Gasteiger partial charge in [-0.1, -0.05) is 22.9 Å². The average molecular weight is 462 g/mol. The summed E-state index contributed by atoms with van der Waals surface area (Å²) in [6.45, 7) is 5.21. The van der Waals surface area contributed by atoms with E-state index in [1.807, 2.05) is 7.05 Å². The van der Waals surface area contributed by atoms with E-state index in [0.717, 1.165) is 23.9 Å². The topological polar surface area (TPSA) is 29.9 Å². The minimum Gasteiger partial charge on any atom is -0.313 e. The van der Waals surface area contributed by atoms with Crippen molar-refractivity contribution in [2.24, 2.45) is 0 Å². The van der Waals surface area contributed by atoms with Gasteiger partial charge in [0.2, 0.25) is 0 Å². The minimum absolute atomic E-state index is 0.279. The van der Waals surface area contributed by atoms with Crippen LogP contribution in [0.15, 0.2) is 28.7 Å². The van der Waals surface area contributed by atoms with Crippen molar-refractivity contribution in [1.29, 1.82) is 0 Å². The summed E-state index contributed by atoms with van der Waals surface area (Å²) in [7, 11) is 2.02. The molecule has 2 aromatic rings. The molecule has 114 valence electrons. The van der Waals surface area contributed by atoms with Gasteiger partial charge in [-0.2, -0.15) is 5.10 Å². The molecule has 1 unspecified atom stereocenters. The van der Waals surface area contributed by atoms with Crippen LogP contribution in [0.5, 0.6) is 0 Å². The van der Waals surface area contributed by atoms with Crippen LogP contribution in [0.1, 0.15) is 36.8 Å². The van der Waals surface area contributed by atoms with E-state index in [9.17, 15) is 0 Å². The second-order valence-electron chi connectivity index (χ2n) is 5.01. The van der Waals surface area contributed by atoms with Crippen molar-refractivity contribution < 1.29 is 0 Å². The Kier molecular flexibility index (Phi) is 6.25. The molecule has 2 rings (SSSR count). The highest BCUT2D eigenvalue weighted by Crippen LogP contribution is 2.28. The van der Waals surface area contributed by atoms with Gasteiger partial charge in [0.15, 0.2) is 0 Å². The van der Waals surface area contributed by atoms with Gasteiger partial charge in [-0.15, -0.1) is 0 Å². The molecule has 3 nitrogen and oxygen atoms in total. The standard InChI is InChI=1S/C16H21BrIN3/c1-4-12-9-13(21(5-2)20-12)10-16(19-3)14-8-11(18)6-7-15(14)17/h6-9,16,19H,4-5,10H2,1-3H3. The normalized spacial score (nSPS) is 12.6. The minimum atomic E-state index is 0.279. The Morgan fingerprint density at radius 1 is 1.33 bits per heavy atom. The van der Waals surface area contributed by atoms with Crippen molar-refractivity contribution in [3.63, 3.8) is 0 Å². The molecule has 1 aromatic carbocycles. The van der Waals surface area contributed by atoms with E-state index < -0.39 is 0 Å². The Morgan fingerprint density at radius 2 is 2.10 bits per heavy atom. The summed E-state index contributed by atoms with van der Waals surface area (Å²) in [6, 6.07) is 8.98. The highest BCUT2D eigenvalue weighted by molar-refractivity contribution is 14.1. The quantitative estimate of drug-likeness (QED) is 0.648. The third-order valence-corrected chi connectivity index (χ3v) is 5.06. The molecule has 1 aromatic heterocycles. The number of benzene rings is 1. The second kappa shape index (κ2) is 7.74. The van der Waals surface area contributed by atoms with E-state index >= 15 is 0 Å². The van der Waals surface area contributed by atoms with Gasteiger partial charge in [-0.05, 0) is 72.8 Å². The Morgan fingerprint density at radius 3 is 2.71 bits per heavy atom. The van der Waals surface area contributed by atoms with Crippen LogP contribution in [0.2, 0.25) is 0 Å². The Hall–Kier alpha value is -0.400. The molecule has 0 saturated carbocycles. The van der Waals surface area contributed by atoms with Crippen molar-refractivity contribution in [3.05, 3.63) is 49.3 Å². The van der Waals surface area contributed by atoms with Crippen LogP contribution < -0.4 is 5.32 Å². The van der Waals surface area contributed by atoms with Crippen molar-refractivity contribution >= 4 is 38.5 Å². The van der Waals surface area contributed by atoms with E-state index in [-0.39, 0.29) is 6.04 Å². The zero-order valence-corrected chi connectivity index (χ0v) is 16.4. The van der Waals surface area contributed by atoms with E-state index in [1.54, 1.807) is 0 Å². The first-order valence-electron chi connectivity index (χ1n) is 7.26. The molecule has 0 aliphatic heterocycles. The van der Waals surface area contributed by atoms with Gasteiger partial charge in [-0.3, -0.25) is 4.68 Å². The van der Waals surface area contributed by atoms with Gasteiger partial charge in [0.25, 0.3) is 0 Å². The zero-order valence-electron chi connectivity index (χ0n) is 12.7. The number of hydrogen-bond donors (Lipinski definition) is 1. The van der Waals surface area contributed by atoms with Crippen LogP contribution in [0.4, 0.5) is 0 Å². The maximum absolute atomic E-state index is 4.64. The molecule has 1 heterocycles. The fraction of sp³-hybridized carbons (Fsp3) is 0.438. The lowest BCUT2D eigenvalue weighted by Crippen LogP contribution is -2.21. The summed E-state index contributed by atoms with van der Waals surface area (Å²) >= 11 is 6.03. The van der Waals surface area contributed by atoms with Crippen molar-refractivity contribution in [2.45, 2.75) is 39.3 Å². The fourth-order valence-electron chi connectivity index (χ4n) is 2.48. The lowest BCUT2D eigenvalue weighted by atomic mass is 10.0. The van der Waals surface area contributed by atoms with Gasteiger partial charge in [-0.25, -0.2) is 0 Å². The van der Waals surface area contributed by atoms with Crippen molar-refractivity contribution in [2.75, 3.05) is 7.05 Å². The fourth-order valence-corrected chi connectivity index (χ4v) is 3.52. The van der Waals surface area contributed by atoms with E-state index in [4.69, 9.17) is 0 Å². The largest absolute Gasteiger partial charge is 0.313 e. The monoisotopic (exact) mass is 461 g/mol. The number of rotatable bonds is 6. The second-order valence-corrected chi connectivity index (χ2v) is 7.11. The highest BCUT2D eigenvalue weighted by atomic mass is 127. The summed E-state index contributed by atoms with van der Waals surface area (Å²) in [6.07, 6.45) is 1.92. The number of halogens is 2. The predicted molar refractivity (Wildman–Crippen MR) is 99.6 cm³/mol. The number of likely N-dealkylation sites (N-methyl/N-ethyl adjacent to an activating group) is 1. The van der Waals surface area contributed by atoms with Gasteiger partial charge < -0.3 is 5.32 Å². The molecule has 0 radical (unpaired) electrons. The summed E-state index contributed by atoms with van der Waals surface area (Å²) < 4.78 is 4.52. The molecule has 0 aliphatic carbocycles. The molecule has 5 heteroatoms. The predicted octanol–water partition coefficient (Wildman–Crippen LogP) is 4.34. The van der Waals surface area contributed by atoms with Crippen molar-refractivity contribution in [3.8, 4) is 0 Å². The van der Waals surface area contributed by atoms with Crippen LogP contribution in [-0.2, 0) is 19.4 Å². The SMILES string of the molecule is CCc1cc(CC(NC)c2cc(I)ccc2Br)n(CC)n1. The van der Waals surface area contributed by atoms with Crippen LogP contribution in [-0.4, -0.2) is 16.8 Å². The van der Waals surface area contributed by atoms with Crippen LogP contribution in [0.25, 0.3) is 0 Å². The number of aryl methyl sites for hydroxylation is 2. The summed E-state index contributed by atoms with van der Waals surface area (Å²) in [4.78, 5) is 0. The average Bonchev–Trinajstić information content (AvgIpc) is 2.89. The Balaban J connectivity index is 2.30. The van der Waals surface area contributed by atoms with Gasteiger partial charge in [0, 0.05) is 32.7 Å². The molecular formula is C16H21BrIN3. The Bertz CT molecular complexity index is 610. The molecule has 0 fully saturated rings. The highest BCUT2D eigenvalue weighted by Gasteiger charge is 2.17. The van der Waals surface area contributed by atoms with Crippen LogP contribution in [0, 0.1) is 3.57 Å². The number of nitrogens with zero attached hydrogens (tertiary/aromatic N) is 2. The number of aromatic nitrogens is 2. The van der Waals surface area contributed by atoms with E-state index in [0.29, 0.717) is 0 Å². The molecule has 21 heavy (non-hydrogen) atoms. The van der Waals surface area contributed by atoms with Crippen molar-refractivity contribution in [1.82, 2.24) is 15.1 Å². The van der Waals surface area contributed by atoms with E-state index in [2.05, 4.69) is 91.7 Å². The smallest absolute Gasteiger partial charge is 0.0624 e. The van der Waals surface area contributed by atoms with Gasteiger partial charge >= 0.3 is 0 Å². The first kappa shape index (κ1) is 17.0. The molecule has 0 bridgehead atoms.